The van der Waals surface area contributed by atoms with E-state index in [-0.39, 0.29) is 17.5 Å². The third-order valence-electron chi connectivity index (χ3n) is 4.43. The zero-order chi connectivity index (χ0) is 18.7. The molecule has 0 aliphatic carbocycles. The highest BCUT2D eigenvalue weighted by Gasteiger charge is 2.28. The number of halogens is 1. The summed E-state index contributed by atoms with van der Waals surface area (Å²) in [6, 6.07) is 9.07. The fraction of sp³-hybridized carbons (Fsp3) is 0.421. The summed E-state index contributed by atoms with van der Waals surface area (Å²) in [4.78, 5) is 26.7. The molecule has 0 spiro atoms. The standard InChI is InChI=1S/C19H23ClN4O2/c1-13(2)7-8-21-18(25)16-11-17-19(26)23(9-10-24(17)22-16)12-14-5-3-4-6-15(14)20/h3-6,11,13H,7-10,12H2,1-2H3,(H,21,25). The van der Waals surface area contributed by atoms with Crippen LogP contribution < -0.4 is 5.32 Å². The summed E-state index contributed by atoms with van der Waals surface area (Å²) in [6.45, 7) is 6.35. The third kappa shape index (κ3) is 4.07. The zero-order valence-electron chi connectivity index (χ0n) is 15.0. The van der Waals surface area contributed by atoms with E-state index in [9.17, 15) is 9.59 Å². The first kappa shape index (κ1) is 18.5. The Balaban J connectivity index is 1.69. The van der Waals surface area contributed by atoms with E-state index in [2.05, 4.69) is 24.3 Å². The van der Waals surface area contributed by atoms with Crippen molar-refractivity contribution in [3.8, 4) is 0 Å². The molecule has 6 nitrogen and oxygen atoms in total. The summed E-state index contributed by atoms with van der Waals surface area (Å²) < 4.78 is 1.61. The van der Waals surface area contributed by atoms with Crippen molar-refractivity contribution in [3.05, 3.63) is 52.3 Å². The van der Waals surface area contributed by atoms with Crippen LogP contribution in [0.5, 0.6) is 0 Å². The molecule has 0 radical (unpaired) electrons. The maximum Gasteiger partial charge on any atom is 0.272 e. The minimum atomic E-state index is -0.238. The van der Waals surface area contributed by atoms with E-state index in [0.29, 0.717) is 42.8 Å². The van der Waals surface area contributed by atoms with E-state index in [4.69, 9.17) is 11.6 Å². The lowest BCUT2D eigenvalue weighted by Crippen LogP contribution is -2.39. The Hall–Kier alpha value is -2.34. The minimum absolute atomic E-state index is 0.134. The van der Waals surface area contributed by atoms with Crippen molar-refractivity contribution in [2.75, 3.05) is 13.1 Å². The van der Waals surface area contributed by atoms with Gasteiger partial charge in [-0.2, -0.15) is 5.10 Å². The van der Waals surface area contributed by atoms with Gasteiger partial charge in [-0.3, -0.25) is 14.3 Å². The first-order chi connectivity index (χ1) is 12.5. The number of benzene rings is 1. The molecule has 1 aliphatic rings. The third-order valence-corrected chi connectivity index (χ3v) is 4.80. The molecule has 0 saturated heterocycles. The van der Waals surface area contributed by atoms with Crippen molar-refractivity contribution in [1.82, 2.24) is 20.0 Å². The molecule has 0 unspecified atom stereocenters. The fourth-order valence-electron chi connectivity index (χ4n) is 2.90. The predicted octanol–water partition coefficient (Wildman–Crippen LogP) is 2.97. The van der Waals surface area contributed by atoms with Crippen molar-refractivity contribution in [3.63, 3.8) is 0 Å². The number of hydrogen-bond donors (Lipinski definition) is 1. The number of aromatic nitrogens is 2. The molecule has 1 aliphatic heterocycles. The first-order valence-corrected chi connectivity index (χ1v) is 9.22. The van der Waals surface area contributed by atoms with Gasteiger partial charge in [-0.05, 0) is 24.0 Å². The highest BCUT2D eigenvalue weighted by molar-refractivity contribution is 6.31. The van der Waals surface area contributed by atoms with Crippen molar-refractivity contribution in [2.45, 2.75) is 33.4 Å². The van der Waals surface area contributed by atoms with E-state index in [0.717, 1.165) is 12.0 Å². The van der Waals surface area contributed by atoms with Crippen LogP contribution in [0.2, 0.25) is 5.02 Å². The van der Waals surface area contributed by atoms with Gasteiger partial charge in [-0.15, -0.1) is 0 Å². The van der Waals surface area contributed by atoms with Gasteiger partial charge in [0, 0.05) is 30.7 Å². The summed E-state index contributed by atoms with van der Waals surface area (Å²) in [7, 11) is 0. The summed E-state index contributed by atoms with van der Waals surface area (Å²) >= 11 is 6.20. The second-order valence-corrected chi connectivity index (χ2v) is 7.30. The Labute approximate surface area is 158 Å². The molecular weight excluding hydrogens is 352 g/mol. The summed E-state index contributed by atoms with van der Waals surface area (Å²) in [5.41, 5.74) is 1.64. The topological polar surface area (TPSA) is 67.2 Å². The van der Waals surface area contributed by atoms with Gasteiger partial charge in [0.1, 0.15) is 5.69 Å². The molecule has 0 atom stereocenters. The first-order valence-electron chi connectivity index (χ1n) is 8.84. The molecule has 3 rings (SSSR count). The van der Waals surface area contributed by atoms with Gasteiger partial charge in [-0.25, -0.2) is 0 Å². The fourth-order valence-corrected chi connectivity index (χ4v) is 3.09. The highest BCUT2D eigenvalue weighted by Crippen LogP contribution is 2.21. The van der Waals surface area contributed by atoms with Crippen molar-refractivity contribution in [1.29, 1.82) is 0 Å². The molecule has 7 heteroatoms. The van der Waals surface area contributed by atoms with E-state index in [1.807, 2.05) is 24.3 Å². The SMILES string of the molecule is CC(C)CCNC(=O)c1cc2n(n1)CCN(Cc1ccccc1Cl)C2=O. The van der Waals surface area contributed by atoms with Crippen LogP contribution in [-0.4, -0.2) is 39.6 Å². The summed E-state index contributed by atoms with van der Waals surface area (Å²) in [6.07, 6.45) is 0.907. The van der Waals surface area contributed by atoms with Gasteiger partial charge in [0.15, 0.2) is 5.69 Å². The van der Waals surface area contributed by atoms with E-state index >= 15 is 0 Å². The van der Waals surface area contributed by atoms with Gasteiger partial charge >= 0.3 is 0 Å². The number of nitrogens with one attached hydrogen (secondary N) is 1. The van der Waals surface area contributed by atoms with Gasteiger partial charge < -0.3 is 10.2 Å². The quantitative estimate of drug-likeness (QED) is 0.845. The monoisotopic (exact) mass is 374 g/mol. The summed E-state index contributed by atoms with van der Waals surface area (Å²) in [5.74, 6) is 0.147. The number of carbonyl (C=O) groups excluding carboxylic acids is 2. The molecule has 138 valence electrons. The molecule has 2 amide bonds. The molecule has 26 heavy (non-hydrogen) atoms. The molecule has 1 aromatic carbocycles. The van der Waals surface area contributed by atoms with Crippen molar-refractivity contribution < 1.29 is 9.59 Å². The second-order valence-electron chi connectivity index (χ2n) is 6.89. The van der Waals surface area contributed by atoms with Gasteiger partial charge in [-0.1, -0.05) is 43.6 Å². The maximum absolute atomic E-state index is 12.8. The van der Waals surface area contributed by atoms with Crippen LogP contribution in [-0.2, 0) is 13.1 Å². The van der Waals surface area contributed by atoms with Crippen LogP contribution in [0, 0.1) is 5.92 Å². The Bertz CT molecular complexity index is 816. The molecule has 2 aromatic rings. The molecule has 2 heterocycles. The normalized spacial score (nSPS) is 13.8. The van der Waals surface area contributed by atoms with Gasteiger partial charge in [0.2, 0.25) is 0 Å². The molecule has 1 aromatic heterocycles. The summed E-state index contributed by atoms with van der Waals surface area (Å²) in [5, 5.41) is 7.79. The Morgan fingerprint density at radius 3 is 2.81 bits per heavy atom. The average molecular weight is 375 g/mol. The van der Waals surface area contributed by atoms with Crippen LogP contribution in [0.25, 0.3) is 0 Å². The molecule has 0 saturated carbocycles. The Morgan fingerprint density at radius 2 is 2.08 bits per heavy atom. The predicted molar refractivity (Wildman–Crippen MR) is 100 cm³/mol. The second kappa shape index (κ2) is 7.91. The van der Waals surface area contributed by atoms with Crippen LogP contribution >= 0.6 is 11.6 Å². The number of hydrogen-bond acceptors (Lipinski definition) is 3. The lowest BCUT2D eigenvalue weighted by Gasteiger charge is -2.27. The van der Waals surface area contributed by atoms with Crippen molar-refractivity contribution >= 4 is 23.4 Å². The van der Waals surface area contributed by atoms with Gasteiger partial charge in [0.25, 0.3) is 11.8 Å². The number of fused-ring (bicyclic) bond motifs is 1. The molecular formula is C19H23ClN4O2. The number of nitrogens with zero attached hydrogens (tertiary/aromatic N) is 3. The Kier molecular flexibility index (Phi) is 5.61. The molecule has 0 bridgehead atoms. The van der Waals surface area contributed by atoms with Crippen LogP contribution in [0.1, 0.15) is 46.8 Å². The van der Waals surface area contributed by atoms with E-state index in [1.165, 1.54) is 0 Å². The number of rotatable bonds is 6. The molecule has 0 fully saturated rings. The van der Waals surface area contributed by atoms with Crippen molar-refractivity contribution in [2.24, 2.45) is 5.92 Å². The van der Waals surface area contributed by atoms with E-state index < -0.39 is 0 Å². The van der Waals surface area contributed by atoms with E-state index in [1.54, 1.807) is 15.6 Å². The lowest BCUT2D eigenvalue weighted by atomic mass is 10.1. The minimum Gasteiger partial charge on any atom is -0.351 e. The van der Waals surface area contributed by atoms with Crippen LogP contribution in [0.4, 0.5) is 0 Å². The smallest absolute Gasteiger partial charge is 0.272 e. The number of carbonyl (C=O) groups is 2. The lowest BCUT2D eigenvalue weighted by molar-refractivity contribution is 0.0683. The van der Waals surface area contributed by atoms with Crippen LogP contribution in [0.15, 0.2) is 30.3 Å². The highest BCUT2D eigenvalue weighted by atomic mass is 35.5. The maximum atomic E-state index is 12.8. The van der Waals surface area contributed by atoms with Gasteiger partial charge in [0.05, 0.1) is 6.54 Å². The number of amides is 2. The largest absolute Gasteiger partial charge is 0.351 e. The average Bonchev–Trinajstić information content (AvgIpc) is 3.04. The Morgan fingerprint density at radius 1 is 1.31 bits per heavy atom. The molecule has 1 N–H and O–H groups in total. The van der Waals surface area contributed by atoms with Crippen LogP contribution in [0.3, 0.4) is 0 Å². The zero-order valence-corrected chi connectivity index (χ0v) is 15.8.